The van der Waals surface area contributed by atoms with E-state index >= 15 is 0 Å². The van der Waals surface area contributed by atoms with Gasteiger partial charge in [0.1, 0.15) is 0 Å². The lowest BCUT2D eigenvalue weighted by Gasteiger charge is -2.37. The molecule has 3 atom stereocenters. The van der Waals surface area contributed by atoms with Crippen molar-refractivity contribution >= 4 is 45.2 Å². The number of alkyl halides is 2. The molecule has 0 saturated heterocycles. The normalized spacial score (nSPS) is 46.1. The Morgan fingerprint density at radius 2 is 2.12 bits per heavy atom. The molecule has 1 saturated carbocycles. The van der Waals surface area contributed by atoms with Crippen LogP contribution in [0.3, 0.4) is 0 Å². The maximum atomic E-state index is 3.27. The first-order valence-corrected chi connectivity index (χ1v) is 5.20. The first kappa shape index (κ1) is 7.53. The number of hydrogen-bond donors (Lipinski definition) is 1. The van der Waals surface area contributed by atoms with Crippen LogP contribution in [-0.2, 0) is 0 Å². The molecule has 0 aromatic heterocycles. The molecule has 0 aromatic carbocycles. The molecule has 0 heterocycles. The SMILES string of the molecule is CNC1CC(I)C1I. The van der Waals surface area contributed by atoms with Crippen LogP contribution in [0.1, 0.15) is 6.42 Å². The molecule has 3 unspecified atom stereocenters. The third-order valence-corrected chi connectivity index (χ3v) is 5.98. The Morgan fingerprint density at radius 3 is 2.25 bits per heavy atom. The van der Waals surface area contributed by atoms with E-state index in [1.54, 1.807) is 0 Å². The summed E-state index contributed by atoms with van der Waals surface area (Å²) in [7, 11) is 2.04. The van der Waals surface area contributed by atoms with Crippen molar-refractivity contribution in [1.29, 1.82) is 0 Å². The lowest BCUT2D eigenvalue weighted by atomic mass is 9.93. The van der Waals surface area contributed by atoms with Crippen molar-refractivity contribution in [3.05, 3.63) is 0 Å². The van der Waals surface area contributed by atoms with Gasteiger partial charge < -0.3 is 5.32 Å². The summed E-state index contributed by atoms with van der Waals surface area (Å²) in [5.41, 5.74) is 0. The molecular weight excluding hydrogens is 328 g/mol. The Balaban J connectivity index is 2.25. The molecule has 0 aliphatic heterocycles. The molecule has 1 nitrogen and oxygen atoms in total. The van der Waals surface area contributed by atoms with Crippen LogP contribution in [0.25, 0.3) is 0 Å². The lowest BCUT2D eigenvalue weighted by molar-refractivity contribution is 0.413. The minimum atomic E-state index is 0.789. The summed E-state index contributed by atoms with van der Waals surface area (Å²) < 4.78 is 1.77. The van der Waals surface area contributed by atoms with Crippen LogP contribution in [0.2, 0.25) is 0 Å². The van der Waals surface area contributed by atoms with Crippen molar-refractivity contribution in [3.8, 4) is 0 Å². The molecule has 1 aliphatic carbocycles. The summed E-state index contributed by atoms with van der Waals surface area (Å²) in [5.74, 6) is 0. The van der Waals surface area contributed by atoms with Crippen LogP contribution in [0.5, 0.6) is 0 Å². The van der Waals surface area contributed by atoms with Gasteiger partial charge in [-0.05, 0) is 13.5 Å². The Labute approximate surface area is 77.3 Å². The fourth-order valence-electron chi connectivity index (χ4n) is 0.836. The van der Waals surface area contributed by atoms with Crippen molar-refractivity contribution in [3.63, 3.8) is 0 Å². The van der Waals surface area contributed by atoms with Crippen LogP contribution >= 0.6 is 45.2 Å². The second-order valence-corrected chi connectivity index (χ2v) is 5.13. The first-order valence-electron chi connectivity index (χ1n) is 2.71. The zero-order valence-electron chi connectivity index (χ0n) is 4.70. The van der Waals surface area contributed by atoms with E-state index in [2.05, 4.69) is 50.5 Å². The lowest BCUT2D eigenvalue weighted by Crippen LogP contribution is -2.50. The summed E-state index contributed by atoms with van der Waals surface area (Å²) in [5, 5.41) is 3.27. The fourth-order valence-corrected chi connectivity index (χ4v) is 2.83. The van der Waals surface area contributed by atoms with E-state index in [9.17, 15) is 0 Å². The van der Waals surface area contributed by atoms with Gasteiger partial charge >= 0.3 is 0 Å². The van der Waals surface area contributed by atoms with Crippen molar-refractivity contribution in [2.45, 2.75) is 20.3 Å². The summed E-state index contributed by atoms with van der Waals surface area (Å²) in [6, 6.07) is 0.789. The van der Waals surface area contributed by atoms with Crippen molar-refractivity contribution in [2.75, 3.05) is 7.05 Å². The molecule has 0 radical (unpaired) electrons. The third-order valence-electron chi connectivity index (χ3n) is 1.58. The molecule has 8 heavy (non-hydrogen) atoms. The molecule has 3 heteroatoms. The van der Waals surface area contributed by atoms with Gasteiger partial charge in [0.25, 0.3) is 0 Å². The minimum absolute atomic E-state index is 0.789. The molecule has 48 valence electrons. The number of halogens is 2. The summed E-state index contributed by atoms with van der Waals surface area (Å²) in [6.07, 6.45) is 1.35. The van der Waals surface area contributed by atoms with Gasteiger partial charge in [-0.2, -0.15) is 0 Å². The van der Waals surface area contributed by atoms with E-state index in [1.165, 1.54) is 6.42 Å². The zero-order chi connectivity index (χ0) is 6.15. The smallest absolute Gasteiger partial charge is 0.0382 e. The average molecular weight is 337 g/mol. The Kier molecular flexibility index (Phi) is 2.83. The van der Waals surface area contributed by atoms with E-state index in [4.69, 9.17) is 0 Å². The predicted octanol–water partition coefficient (Wildman–Crippen LogP) is 1.59. The van der Waals surface area contributed by atoms with E-state index in [-0.39, 0.29) is 0 Å². The highest BCUT2D eigenvalue weighted by molar-refractivity contribution is 14.1. The van der Waals surface area contributed by atoms with Crippen LogP contribution < -0.4 is 5.32 Å². The maximum Gasteiger partial charge on any atom is 0.0382 e. The van der Waals surface area contributed by atoms with E-state index in [0.29, 0.717) is 0 Å². The molecule has 1 rings (SSSR count). The van der Waals surface area contributed by atoms with Crippen LogP contribution in [-0.4, -0.2) is 20.9 Å². The highest BCUT2D eigenvalue weighted by atomic mass is 127. The Morgan fingerprint density at radius 1 is 1.50 bits per heavy atom. The Hall–Kier alpha value is 1.42. The quantitative estimate of drug-likeness (QED) is 0.566. The highest BCUT2D eigenvalue weighted by Gasteiger charge is 2.35. The van der Waals surface area contributed by atoms with Gasteiger partial charge in [-0.3, -0.25) is 0 Å². The van der Waals surface area contributed by atoms with Crippen LogP contribution in [0.15, 0.2) is 0 Å². The molecule has 1 fully saturated rings. The Bertz CT molecular complexity index is 86.5. The van der Waals surface area contributed by atoms with Gasteiger partial charge in [0.2, 0.25) is 0 Å². The maximum absolute atomic E-state index is 3.27. The third kappa shape index (κ3) is 1.29. The molecule has 1 aliphatic rings. The standard InChI is InChI=1S/C5H9I2N/c1-8-4-2-3(6)5(4)7/h3-5,8H,2H2,1H3. The van der Waals surface area contributed by atoms with Gasteiger partial charge in [-0.15, -0.1) is 0 Å². The fraction of sp³-hybridized carbons (Fsp3) is 1.00. The van der Waals surface area contributed by atoms with Gasteiger partial charge in [0.15, 0.2) is 0 Å². The summed E-state index contributed by atoms with van der Waals surface area (Å²) in [4.78, 5) is 0. The van der Waals surface area contributed by atoms with E-state index < -0.39 is 0 Å². The monoisotopic (exact) mass is 337 g/mol. The van der Waals surface area contributed by atoms with Gasteiger partial charge in [0, 0.05) is 13.9 Å². The first-order chi connectivity index (χ1) is 3.75. The second-order valence-electron chi connectivity index (χ2n) is 2.09. The van der Waals surface area contributed by atoms with E-state index in [0.717, 1.165) is 13.9 Å². The van der Waals surface area contributed by atoms with Gasteiger partial charge in [-0.25, -0.2) is 0 Å². The molecule has 1 N–H and O–H groups in total. The second kappa shape index (κ2) is 3.01. The highest BCUT2D eigenvalue weighted by Crippen LogP contribution is 2.34. The topological polar surface area (TPSA) is 12.0 Å². The average Bonchev–Trinajstić information content (AvgIpc) is 1.81. The number of nitrogens with one attached hydrogen (secondary N) is 1. The number of rotatable bonds is 1. The molecule has 0 amide bonds. The molecular formula is C5H9I2N. The van der Waals surface area contributed by atoms with Crippen LogP contribution in [0, 0.1) is 0 Å². The van der Waals surface area contributed by atoms with Gasteiger partial charge in [-0.1, -0.05) is 45.2 Å². The van der Waals surface area contributed by atoms with E-state index in [1.807, 2.05) is 7.05 Å². The molecule has 0 bridgehead atoms. The van der Waals surface area contributed by atoms with Crippen molar-refractivity contribution < 1.29 is 0 Å². The largest absolute Gasteiger partial charge is 0.316 e. The molecule has 0 spiro atoms. The summed E-state index contributed by atoms with van der Waals surface area (Å²) >= 11 is 5.02. The predicted molar refractivity (Wildman–Crippen MR) is 53.1 cm³/mol. The zero-order valence-corrected chi connectivity index (χ0v) is 9.01. The van der Waals surface area contributed by atoms with Crippen LogP contribution in [0.4, 0.5) is 0 Å². The van der Waals surface area contributed by atoms with Crippen molar-refractivity contribution in [2.24, 2.45) is 0 Å². The van der Waals surface area contributed by atoms with Crippen molar-refractivity contribution in [1.82, 2.24) is 5.32 Å². The summed E-state index contributed by atoms with van der Waals surface area (Å²) in [6.45, 7) is 0. The minimum Gasteiger partial charge on any atom is -0.316 e. The number of hydrogen-bond acceptors (Lipinski definition) is 1. The molecule has 0 aromatic rings. The van der Waals surface area contributed by atoms with Gasteiger partial charge in [0.05, 0.1) is 0 Å².